The van der Waals surface area contributed by atoms with Gasteiger partial charge in [-0.15, -0.1) is 0 Å². The van der Waals surface area contributed by atoms with E-state index in [-0.39, 0.29) is 16.9 Å². The molecule has 1 amide bonds. The largest absolute Gasteiger partial charge is 0.378 e. The number of hydrogen-bond donors (Lipinski definition) is 2. The summed E-state index contributed by atoms with van der Waals surface area (Å²) in [5.41, 5.74) is 0.111. The molecule has 2 aliphatic rings. The Morgan fingerprint density at radius 2 is 1.94 bits per heavy atom. The number of carbonyl (C=O) groups excluding carboxylic acids is 1. The lowest BCUT2D eigenvalue weighted by molar-refractivity contribution is -0.134. The summed E-state index contributed by atoms with van der Waals surface area (Å²) in [4.78, 5) is 12.0. The number of carbonyl (C=O) groups is 1. The molecule has 0 radical (unpaired) electrons. The summed E-state index contributed by atoms with van der Waals surface area (Å²) in [6.07, 6.45) is 6.05. The van der Waals surface area contributed by atoms with Crippen molar-refractivity contribution in [3.05, 3.63) is 0 Å². The molecular weight excluding hydrogens is 228 g/mol. The van der Waals surface area contributed by atoms with E-state index in [1.807, 2.05) is 0 Å². The summed E-state index contributed by atoms with van der Waals surface area (Å²) in [6, 6.07) is 0. The molecule has 18 heavy (non-hydrogen) atoms. The van der Waals surface area contributed by atoms with Crippen LogP contribution in [0.25, 0.3) is 0 Å². The minimum atomic E-state index is -0.154. The molecule has 0 atom stereocenters. The first-order chi connectivity index (χ1) is 8.58. The van der Waals surface area contributed by atoms with Gasteiger partial charge in [0.1, 0.15) is 0 Å². The van der Waals surface area contributed by atoms with Gasteiger partial charge in [-0.05, 0) is 50.6 Å². The highest BCUT2D eigenvalue weighted by atomic mass is 16.5. The van der Waals surface area contributed by atoms with Crippen LogP contribution < -0.4 is 10.6 Å². The lowest BCUT2D eigenvalue weighted by Gasteiger charge is -2.40. The van der Waals surface area contributed by atoms with Gasteiger partial charge < -0.3 is 15.4 Å². The molecule has 1 saturated heterocycles. The summed E-state index contributed by atoms with van der Waals surface area (Å²) in [5.74, 6) is 0.149. The lowest BCUT2D eigenvalue weighted by atomic mass is 9.77. The maximum absolute atomic E-state index is 12.0. The predicted octanol–water partition coefficient (Wildman–Crippen LogP) is 1.45. The average Bonchev–Trinajstić information content (AvgIpc) is 2.32. The van der Waals surface area contributed by atoms with Gasteiger partial charge in [0, 0.05) is 13.7 Å². The van der Waals surface area contributed by atoms with Crippen LogP contribution in [0.2, 0.25) is 0 Å². The van der Waals surface area contributed by atoms with Crippen LogP contribution in [0.15, 0.2) is 0 Å². The zero-order valence-corrected chi connectivity index (χ0v) is 11.7. The Morgan fingerprint density at radius 3 is 2.44 bits per heavy atom. The summed E-state index contributed by atoms with van der Waals surface area (Å²) >= 11 is 0. The van der Waals surface area contributed by atoms with Crippen LogP contribution in [0, 0.1) is 5.41 Å². The van der Waals surface area contributed by atoms with Gasteiger partial charge in [0.25, 0.3) is 0 Å². The second-order valence-corrected chi connectivity index (χ2v) is 6.25. The Bertz CT molecular complexity index is 289. The molecule has 0 unspecified atom stereocenters. The van der Waals surface area contributed by atoms with Crippen molar-refractivity contribution in [2.45, 2.75) is 51.0 Å². The Hall–Kier alpha value is -0.610. The molecule has 2 fully saturated rings. The fourth-order valence-corrected chi connectivity index (χ4v) is 2.90. The first-order valence-corrected chi connectivity index (χ1v) is 7.10. The van der Waals surface area contributed by atoms with Crippen molar-refractivity contribution in [2.75, 3.05) is 26.7 Å². The number of rotatable bonds is 5. The van der Waals surface area contributed by atoms with E-state index in [9.17, 15) is 4.79 Å². The normalized spacial score (nSPS) is 25.2. The van der Waals surface area contributed by atoms with Gasteiger partial charge in [-0.2, -0.15) is 0 Å². The summed E-state index contributed by atoms with van der Waals surface area (Å²) < 4.78 is 5.49. The molecule has 2 rings (SSSR count). The second-order valence-electron chi connectivity index (χ2n) is 6.25. The first-order valence-electron chi connectivity index (χ1n) is 7.10. The fourth-order valence-electron chi connectivity index (χ4n) is 2.90. The number of methoxy groups -OCH3 is 1. The second kappa shape index (κ2) is 5.57. The van der Waals surface area contributed by atoms with Crippen molar-refractivity contribution in [1.82, 2.24) is 10.6 Å². The van der Waals surface area contributed by atoms with Gasteiger partial charge in [0.2, 0.25) is 5.91 Å². The van der Waals surface area contributed by atoms with E-state index in [1.165, 1.54) is 6.42 Å². The molecule has 104 valence electrons. The van der Waals surface area contributed by atoms with E-state index in [1.54, 1.807) is 7.11 Å². The standard InChI is InChI=1S/C14H26N2O2/c1-13(6-8-15-9-7-13)11-16-12(17)10-14(18-2)4-3-5-14/h15H,3-11H2,1-2H3,(H,16,17). The van der Waals surface area contributed by atoms with Crippen molar-refractivity contribution in [1.29, 1.82) is 0 Å². The molecule has 0 aromatic heterocycles. The van der Waals surface area contributed by atoms with E-state index in [0.717, 1.165) is 45.3 Å². The lowest BCUT2D eigenvalue weighted by Crippen LogP contribution is -2.47. The molecule has 1 heterocycles. The Labute approximate surface area is 110 Å². The molecular formula is C14H26N2O2. The van der Waals surface area contributed by atoms with Gasteiger partial charge in [-0.25, -0.2) is 0 Å². The smallest absolute Gasteiger partial charge is 0.222 e. The van der Waals surface area contributed by atoms with Crippen molar-refractivity contribution in [2.24, 2.45) is 5.41 Å². The van der Waals surface area contributed by atoms with Crippen LogP contribution in [-0.4, -0.2) is 38.3 Å². The van der Waals surface area contributed by atoms with E-state index in [0.29, 0.717) is 6.42 Å². The molecule has 0 aromatic carbocycles. The van der Waals surface area contributed by atoms with Gasteiger partial charge in [-0.3, -0.25) is 4.79 Å². The number of ether oxygens (including phenoxy) is 1. The van der Waals surface area contributed by atoms with Crippen molar-refractivity contribution in [3.63, 3.8) is 0 Å². The van der Waals surface area contributed by atoms with Crippen LogP contribution in [0.1, 0.15) is 45.4 Å². The number of amides is 1. The minimum absolute atomic E-state index is 0.149. The third-order valence-electron chi connectivity index (χ3n) is 4.70. The van der Waals surface area contributed by atoms with Crippen molar-refractivity contribution in [3.8, 4) is 0 Å². The zero-order chi connectivity index (χ0) is 13.1. The van der Waals surface area contributed by atoms with Gasteiger partial charge >= 0.3 is 0 Å². The quantitative estimate of drug-likeness (QED) is 0.781. The topological polar surface area (TPSA) is 50.4 Å². The van der Waals surface area contributed by atoms with E-state index < -0.39 is 0 Å². The molecule has 1 saturated carbocycles. The number of piperidine rings is 1. The fraction of sp³-hybridized carbons (Fsp3) is 0.929. The Balaban J connectivity index is 1.74. The monoisotopic (exact) mass is 254 g/mol. The highest BCUT2D eigenvalue weighted by molar-refractivity contribution is 5.77. The molecule has 0 aromatic rings. The van der Waals surface area contributed by atoms with Crippen LogP contribution in [0.4, 0.5) is 0 Å². The molecule has 1 aliphatic carbocycles. The molecule has 4 nitrogen and oxygen atoms in total. The summed E-state index contributed by atoms with van der Waals surface area (Å²) in [5, 5.41) is 6.46. The van der Waals surface area contributed by atoms with Crippen LogP contribution in [0.5, 0.6) is 0 Å². The van der Waals surface area contributed by atoms with E-state index >= 15 is 0 Å². The molecule has 1 aliphatic heterocycles. The van der Waals surface area contributed by atoms with Crippen molar-refractivity contribution < 1.29 is 9.53 Å². The van der Waals surface area contributed by atoms with Gasteiger partial charge in [0.05, 0.1) is 12.0 Å². The third-order valence-corrected chi connectivity index (χ3v) is 4.70. The molecule has 4 heteroatoms. The predicted molar refractivity (Wildman–Crippen MR) is 71.4 cm³/mol. The Morgan fingerprint density at radius 1 is 1.28 bits per heavy atom. The minimum Gasteiger partial charge on any atom is -0.378 e. The SMILES string of the molecule is COC1(CC(=O)NCC2(C)CCNCC2)CCC1. The van der Waals surface area contributed by atoms with E-state index in [4.69, 9.17) is 4.74 Å². The molecule has 0 spiro atoms. The zero-order valence-electron chi connectivity index (χ0n) is 11.7. The van der Waals surface area contributed by atoms with Crippen LogP contribution >= 0.6 is 0 Å². The number of nitrogens with one attached hydrogen (secondary N) is 2. The highest BCUT2D eigenvalue weighted by Crippen LogP contribution is 2.38. The van der Waals surface area contributed by atoms with Crippen LogP contribution in [-0.2, 0) is 9.53 Å². The molecule has 0 bridgehead atoms. The highest BCUT2D eigenvalue weighted by Gasteiger charge is 2.39. The maximum Gasteiger partial charge on any atom is 0.222 e. The maximum atomic E-state index is 12.0. The summed E-state index contributed by atoms with van der Waals surface area (Å²) in [7, 11) is 1.72. The summed E-state index contributed by atoms with van der Waals surface area (Å²) in [6.45, 7) is 5.19. The van der Waals surface area contributed by atoms with E-state index in [2.05, 4.69) is 17.6 Å². The first kappa shape index (κ1) is 13.8. The van der Waals surface area contributed by atoms with Crippen LogP contribution in [0.3, 0.4) is 0 Å². The Kier molecular flexibility index (Phi) is 4.28. The van der Waals surface area contributed by atoms with Gasteiger partial charge in [0.15, 0.2) is 0 Å². The molecule has 2 N–H and O–H groups in total. The van der Waals surface area contributed by atoms with Gasteiger partial charge in [-0.1, -0.05) is 6.92 Å². The number of hydrogen-bond acceptors (Lipinski definition) is 3. The average molecular weight is 254 g/mol. The van der Waals surface area contributed by atoms with Crippen molar-refractivity contribution >= 4 is 5.91 Å². The third kappa shape index (κ3) is 3.23.